The number of fused-ring (bicyclic) bond motifs is 1. The number of aryl methyl sites for hydroxylation is 1. The van der Waals surface area contributed by atoms with Crippen LogP contribution >= 0.6 is 11.6 Å². The number of anilines is 1. The molecule has 3 heterocycles. The second-order valence-corrected chi connectivity index (χ2v) is 12.2. The smallest absolute Gasteiger partial charge is 0.328 e. The van der Waals surface area contributed by atoms with E-state index in [1.165, 1.54) is 0 Å². The summed E-state index contributed by atoms with van der Waals surface area (Å²) in [5, 5.41) is 4.27. The van der Waals surface area contributed by atoms with Crippen LogP contribution in [0.4, 0.5) is 5.95 Å². The molecule has 0 saturated heterocycles. The summed E-state index contributed by atoms with van der Waals surface area (Å²) in [6.07, 6.45) is 7.78. The Bertz CT molecular complexity index is 1960. The monoisotopic (exact) mass is 648 g/mol. The Hall–Kier alpha value is -4.91. The quantitative estimate of drug-likeness (QED) is 0.106. The lowest BCUT2D eigenvalue weighted by atomic mass is 10.1. The van der Waals surface area contributed by atoms with Crippen LogP contribution in [-0.2, 0) is 22.6 Å². The number of aromatic nitrogens is 4. The summed E-state index contributed by atoms with van der Waals surface area (Å²) >= 11 is 6.57. The molecule has 0 bridgehead atoms. The number of hydrogen-bond donors (Lipinski definition) is 2. The molecule has 3 N–H and O–H groups in total. The van der Waals surface area contributed by atoms with Gasteiger partial charge in [0.25, 0.3) is 0 Å². The lowest BCUT2D eigenvalue weighted by molar-refractivity contribution is -0.151. The van der Waals surface area contributed by atoms with Crippen LogP contribution in [-0.4, -0.2) is 38.7 Å². The zero-order chi connectivity index (χ0) is 32.9. The minimum absolute atomic E-state index is 0.00750. The van der Waals surface area contributed by atoms with Crippen molar-refractivity contribution in [2.45, 2.75) is 64.8 Å². The number of nitrogens with zero attached hydrogens (tertiary/aromatic N) is 4. The molecule has 47 heavy (non-hydrogen) atoms. The fourth-order valence-electron chi connectivity index (χ4n) is 6.05. The van der Waals surface area contributed by atoms with Gasteiger partial charge in [0, 0.05) is 35.6 Å². The van der Waals surface area contributed by atoms with Gasteiger partial charge in [-0.1, -0.05) is 65.9 Å². The third-order valence-electron chi connectivity index (χ3n) is 8.52. The molecule has 1 aliphatic carbocycles. The van der Waals surface area contributed by atoms with Crippen molar-refractivity contribution in [3.05, 3.63) is 111 Å². The van der Waals surface area contributed by atoms with Crippen LogP contribution in [0.25, 0.3) is 11.0 Å². The standard InChI is InChI=1S/C37H37ClN6O3/c1-23-19-40-30(24(2)33(23)46-3)22-44-21-28(31-34(38)42-37(39)43-35(31)44)18-17-25-13-15-26(16-14-25)20-41-32(27-9-5-4-6-10-27)36(45)47-29-11-7-8-12-29/h4-6,9-10,13-16,19,21,29,32,41H,7-8,11-12,20,22H2,1-3H3,(H2,39,42,43)/t32-/m0/s1. The Morgan fingerprint density at radius 1 is 1.09 bits per heavy atom. The number of nitrogens with two attached hydrogens (primary N) is 1. The van der Waals surface area contributed by atoms with Crippen LogP contribution in [0.15, 0.2) is 67.0 Å². The van der Waals surface area contributed by atoms with Crippen molar-refractivity contribution in [2.24, 2.45) is 0 Å². The second-order valence-electron chi connectivity index (χ2n) is 11.8. The highest BCUT2D eigenvalue weighted by Crippen LogP contribution is 2.30. The van der Waals surface area contributed by atoms with Crippen LogP contribution in [0, 0.1) is 25.7 Å². The molecule has 0 unspecified atom stereocenters. The van der Waals surface area contributed by atoms with E-state index in [4.69, 9.17) is 26.8 Å². The van der Waals surface area contributed by atoms with Gasteiger partial charge < -0.3 is 19.8 Å². The lowest BCUT2D eigenvalue weighted by Crippen LogP contribution is -2.32. The maximum absolute atomic E-state index is 13.2. The maximum Gasteiger partial charge on any atom is 0.328 e. The van der Waals surface area contributed by atoms with E-state index in [9.17, 15) is 4.79 Å². The molecule has 1 atom stereocenters. The Morgan fingerprint density at radius 3 is 2.55 bits per heavy atom. The van der Waals surface area contributed by atoms with Crippen LogP contribution < -0.4 is 15.8 Å². The first-order chi connectivity index (χ1) is 22.8. The number of nitrogens with one attached hydrogen (secondary N) is 1. The minimum Gasteiger partial charge on any atom is -0.496 e. The zero-order valence-electron chi connectivity index (χ0n) is 26.7. The van der Waals surface area contributed by atoms with E-state index in [0.29, 0.717) is 29.7 Å². The third kappa shape index (κ3) is 7.25. The number of ether oxygens (including phenoxy) is 2. The fraction of sp³-hybridized carbons (Fsp3) is 0.297. The highest BCUT2D eigenvalue weighted by molar-refractivity contribution is 6.34. The van der Waals surface area contributed by atoms with E-state index >= 15 is 0 Å². The molecule has 1 saturated carbocycles. The van der Waals surface area contributed by atoms with Crippen LogP contribution in [0.1, 0.15) is 70.8 Å². The first-order valence-electron chi connectivity index (χ1n) is 15.7. The molecule has 0 spiro atoms. The van der Waals surface area contributed by atoms with Crippen LogP contribution in [0.3, 0.4) is 0 Å². The lowest BCUT2D eigenvalue weighted by Gasteiger charge is -2.21. The number of halogens is 1. The molecule has 2 aromatic carbocycles. The SMILES string of the molecule is COc1c(C)cnc(Cn2cc(C#Cc3ccc(CN[C@H](C(=O)OC4CCCC4)c4ccccc4)cc3)c3c(Cl)nc(N)nc32)c1C. The third-order valence-corrected chi connectivity index (χ3v) is 8.79. The molecule has 10 heteroatoms. The van der Waals surface area contributed by atoms with Gasteiger partial charge in [0.15, 0.2) is 0 Å². The largest absolute Gasteiger partial charge is 0.496 e. The normalized spacial score (nSPS) is 13.7. The van der Waals surface area contributed by atoms with Crippen molar-refractivity contribution in [1.29, 1.82) is 0 Å². The van der Waals surface area contributed by atoms with Crippen molar-refractivity contribution in [3.8, 4) is 17.6 Å². The topological polar surface area (TPSA) is 117 Å². The van der Waals surface area contributed by atoms with Crippen molar-refractivity contribution in [3.63, 3.8) is 0 Å². The summed E-state index contributed by atoms with van der Waals surface area (Å²) in [6, 6.07) is 17.1. The van der Waals surface area contributed by atoms with Gasteiger partial charge in [-0.25, -0.2) is 9.78 Å². The van der Waals surface area contributed by atoms with E-state index in [1.807, 2.05) is 79.2 Å². The van der Waals surface area contributed by atoms with Gasteiger partial charge in [-0.05, 0) is 62.8 Å². The molecule has 0 aliphatic heterocycles. The number of rotatable bonds is 9. The number of carbonyl (C=O) groups is 1. The summed E-state index contributed by atoms with van der Waals surface area (Å²) < 4.78 is 13.4. The van der Waals surface area contributed by atoms with E-state index in [0.717, 1.165) is 64.9 Å². The molecule has 1 aliphatic rings. The Morgan fingerprint density at radius 2 is 1.83 bits per heavy atom. The van der Waals surface area contributed by atoms with Gasteiger partial charge in [0.2, 0.25) is 5.95 Å². The predicted octanol–water partition coefficient (Wildman–Crippen LogP) is 6.45. The molecule has 9 nitrogen and oxygen atoms in total. The van der Waals surface area contributed by atoms with Crippen molar-refractivity contribution >= 4 is 34.6 Å². The molecule has 6 rings (SSSR count). The fourth-order valence-corrected chi connectivity index (χ4v) is 6.33. The summed E-state index contributed by atoms with van der Waals surface area (Å²) in [6.45, 7) is 4.87. The summed E-state index contributed by atoms with van der Waals surface area (Å²) in [4.78, 5) is 26.5. The first kappa shape index (κ1) is 32.0. The van der Waals surface area contributed by atoms with E-state index < -0.39 is 6.04 Å². The van der Waals surface area contributed by atoms with Gasteiger partial charge in [0.05, 0.1) is 30.3 Å². The Labute approximate surface area is 279 Å². The van der Waals surface area contributed by atoms with E-state index in [1.54, 1.807) is 13.3 Å². The molecule has 3 aromatic heterocycles. The number of nitrogen functional groups attached to an aromatic ring is 1. The molecule has 0 amide bonds. The van der Waals surface area contributed by atoms with Crippen molar-refractivity contribution in [2.75, 3.05) is 12.8 Å². The summed E-state index contributed by atoms with van der Waals surface area (Å²) in [5.41, 5.74) is 12.7. The van der Waals surface area contributed by atoms with Gasteiger partial charge in [-0.2, -0.15) is 4.98 Å². The Balaban J connectivity index is 1.21. The average Bonchev–Trinajstić information content (AvgIpc) is 3.70. The molecule has 1 fully saturated rings. The molecule has 240 valence electrons. The van der Waals surface area contributed by atoms with E-state index in [-0.39, 0.29) is 23.2 Å². The van der Waals surface area contributed by atoms with Gasteiger partial charge >= 0.3 is 5.97 Å². The molecule has 0 radical (unpaired) electrons. The van der Waals surface area contributed by atoms with Gasteiger partial charge in [-0.3, -0.25) is 10.3 Å². The molecular weight excluding hydrogens is 612 g/mol. The van der Waals surface area contributed by atoms with Crippen LogP contribution in [0.5, 0.6) is 5.75 Å². The predicted molar refractivity (Wildman–Crippen MR) is 183 cm³/mol. The number of hydrogen-bond acceptors (Lipinski definition) is 8. The highest BCUT2D eigenvalue weighted by Gasteiger charge is 2.26. The van der Waals surface area contributed by atoms with Crippen molar-refractivity contribution in [1.82, 2.24) is 24.8 Å². The molecule has 5 aromatic rings. The Kier molecular flexibility index (Phi) is 9.71. The summed E-state index contributed by atoms with van der Waals surface area (Å²) in [7, 11) is 1.66. The molecular formula is C37H37ClN6O3. The number of esters is 1. The zero-order valence-corrected chi connectivity index (χ0v) is 27.5. The first-order valence-corrected chi connectivity index (χ1v) is 16.1. The summed E-state index contributed by atoms with van der Waals surface area (Å²) in [5.74, 6) is 7.16. The minimum atomic E-state index is -0.547. The highest BCUT2D eigenvalue weighted by atomic mass is 35.5. The second kappa shape index (κ2) is 14.2. The average molecular weight is 649 g/mol. The van der Waals surface area contributed by atoms with Crippen LogP contribution in [0.2, 0.25) is 5.15 Å². The van der Waals surface area contributed by atoms with Gasteiger partial charge in [0.1, 0.15) is 28.7 Å². The number of benzene rings is 2. The number of carbonyl (C=O) groups excluding carboxylic acids is 1. The van der Waals surface area contributed by atoms with E-state index in [2.05, 4.69) is 32.1 Å². The van der Waals surface area contributed by atoms with Crippen molar-refractivity contribution < 1.29 is 14.3 Å². The van der Waals surface area contributed by atoms with Gasteiger partial charge in [-0.15, -0.1) is 0 Å². The maximum atomic E-state index is 13.2. The number of pyridine rings is 1. The number of methoxy groups -OCH3 is 1.